The maximum Gasteiger partial charge on any atom is 0.265 e. The molecule has 0 saturated heterocycles. The van der Waals surface area contributed by atoms with Crippen LogP contribution in [0.15, 0.2) is 40.9 Å². The lowest BCUT2D eigenvalue weighted by atomic mass is 10.1. The van der Waals surface area contributed by atoms with Gasteiger partial charge in [0.2, 0.25) is 0 Å². The molecule has 0 aliphatic carbocycles. The van der Waals surface area contributed by atoms with Crippen molar-refractivity contribution in [2.45, 2.75) is 13.5 Å². The molecule has 0 fully saturated rings. The van der Waals surface area contributed by atoms with E-state index < -0.39 is 0 Å². The van der Waals surface area contributed by atoms with Gasteiger partial charge in [-0.15, -0.1) is 0 Å². The molecule has 0 aromatic heterocycles. The van der Waals surface area contributed by atoms with Crippen LogP contribution in [-0.4, -0.2) is 5.91 Å². The Morgan fingerprint density at radius 2 is 2.10 bits per heavy atom. The van der Waals surface area contributed by atoms with Crippen LogP contribution in [0.1, 0.15) is 21.5 Å². The lowest BCUT2D eigenvalue weighted by Gasteiger charge is -2.10. The van der Waals surface area contributed by atoms with E-state index in [0.717, 1.165) is 21.3 Å². The number of hydrogen-bond donors (Lipinski definition) is 2. The van der Waals surface area contributed by atoms with Crippen LogP contribution in [0.3, 0.4) is 0 Å². The van der Waals surface area contributed by atoms with Gasteiger partial charge in [0.15, 0.2) is 0 Å². The normalized spacial score (nSPS) is 10.3. The molecule has 0 aliphatic rings. The van der Waals surface area contributed by atoms with E-state index in [-0.39, 0.29) is 5.91 Å². The highest BCUT2D eigenvalue weighted by Gasteiger charge is 2.08. The number of nitrogens with one attached hydrogen (secondary N) is 1. The SMILES string of the molecule is Cc1cc(OCc2ccc(C(=O)NN)cc2Br)ccc1Cl. The number of rotatable bonds is 4. The highest BCUT2D eigenvalue weighted by Crippen LogP contribution is 2.24. The number of nitrogens with two attached hydrogens (primary N) is 1. The number of nitrogen functional groups attached to an aromatic ring is 1. The van der Waals surface area contributed by atoms with Crippen molar-refractivity contribution in [2.75, 3.05) is 0 Å². The molecule has 2 aromatic carbocycles. The van der Waals surface area contributed by atoms with Gasteiger partial charge in [0.25, 0.3) is 5.91 Å². The number of hydrazine groups is 1. The van der Waals surface area contributed by atoms with E-state index in [2.05, 4.69) is 21.4 Å². The number of hydrogen-bond acceptors (Lipinski definition) is 3. The number of halogens is 2. The predicted molar refractivity (Wildman–Crippen MR) is 86.3 cm³/mol. The summed E-state index contributed by atoms with van der Waals surface area (Å²) in [5.41, 5.74) is 4.46. The van der Waals surface area contributed by atoms with Crippen molar-refractivity contribution in [3.05, 3.63) is 62.6 Å². The third-order valence-electron chi connectivity index (χ3n) is 2.97. The maximum absolute atomic E-state index is 11.4. The monoisotopic (exact) mass is 368 g/mol. The largest absolute Gasteiger partial charge is 0.489 e. The quantitative estimate of drug-likeness (QED) is 0.492. The van der Waals surface area contributed by atoms with E-state index in [0.29, 0.717) is 17.2 Å². The second kappa shape index (κ2) is 6.93. The Bertz CT molecular complexity index is 677. The summed E-state index contributed by atoms with van der Waals surface area (Å²) in [6, 6.07) is 10.7. The van der Waals surface area contributed by atoms with Crippen LogP contribution in [-0.2, 0) is 6.61 Å². The first-order chi connectivity index (χ1) is 10.0. The molecule has 0 radical (unpaired) electrons. The first-order valence-corrected chi connectivity index (χ1v) is 7.36. The Morgan fingerprint density at radius 3 is 2.71 bits per heavy atom. The van der Waals surface area contributed by atoms with Crippen LogP contribution in [0.25, 0.3) is 0 Å². The van der Waals surface area contributed by atoms with Gasteiger partial charge in [-0.3, -0.25) is 10.2 Å². The highest BCUT2D eigenvalue weighted by molar-refractivity contribution is 9.10. The third kappa shape index (κ3) is 3.97. The zero-order valence-electron chi connectivity index (χ0n) is 11.3. The molecule has 0 atom stereocenters. The molecule has 0 aliphatic heterocycles. The molecule has 2 aromatic rings. The Hall–Kier alpha value is -1.56. The minimum Gasteiger partial charge on any atom is -0.489 e. The molecule has 4 nitrogen and oxygen atoms in total. The van der Waals surface area contributed by atoms with Gasteiger partial charge in [-0.25, -0.2) is 5.84 Å². The van der Waals surface area contributed by atoms with Gasteiger partial charge >= 0.3 is 0 Å². The fraction of sp³-hybridized carbons (Fsp3) is 0.133. The molecule has 0 unspecified atom stereocenters. The van der Waals surface area contributed by atoms with E-state index in [1.54, 1.807) is 18.2 Å². The Balaban J connectivity index is 2.09. The first-order valence-electron chi connectivity index (χ1n) is 6.19. The minimum absolute atomic E-state index is 0.337. The van der Waals surface area contributed by atoms with Gasteiger partial charge < -0.3 is 4.74 Å². The summed E-state index contributed by atoms with van der Waals surface area (Å²) in [5.74, 6) is 5.51. The number of aryl methyl sites for hydroxylation is 1. The van der Waals surface area contributed by atoms with Gasteiger partial charge in [0.05, 0.1) is 0 Å². The Labute approximate surface area is 136 Å². The average molecular weight is 370 g/mol. The second-order valence-electron chi connectivity index (χ2n) is 4.48. The van der Waals surface area contributed by atoms with E-state index in [1.165, 1.54) is 0 Å². The van der Waals surface area contributed by atoms with Crippen molar-refractivity contribution in [1.82, 2.24) is 5.43 Å². The summed E-state index contributed by atoms with van der Waals surface area (Å²) >= 11 is 9.40. The Morgan fingerprint density at radius 1 is 1.33 bits per heavy atom. The summed E-state index contributed by atoms with van der Waals surface area (Å²) in [4.78, 5) is 11.4. The van der Waals surface area contributed by atoms with Crippen molar-refractivity contribution in [2.24, 2.45) is 5.84 Å². The van der Waals surface area contributed by atoms with Gasteiger partial charge in [-0.1, -0.05) is 33.6 Å². The van der Waals surface area contributed by atoms with E-state index in [1.807, 2.05) is 25.1 Å². The minimum atomic E-state index is -0.337. The van der Waals surface area contributed by atoms with E-state index in [4.69, 9.17) is 22.2 Å². The van der Waals surface area contributed by atoms with Crippen molar-refractivity contribution in [3.8, 4) is 5.75 Å². The molecule has 0 saturated carbocycles. The molecular weight excluding hydrogens is 356 g/mol. The molecule has 0 heterocycles. The summed E-state index contributed by atoms with van der Waals surface area (Å²) in [6.45, 7) is 2.30. The maximum atomic E-state index is 11.4. The van der Waals surface area contributed by atoms with Crippen molar-refractivity contribution < 1.29 is 9.53 Å². The van der Waals surface area contributed by atoms with E-state index >= 15 is 0 Å². The molecule has 2 rings (SSSR count). The zero-order chi connectivity index (χ0) is 15.4. The van der Waals surface area contributed by atoms with Crippen LogP contribution in [0, 0.1) is 6.92 Å². The molecule has 1 amide bonds. The summed E-state index contributed by atoms with van der Waals surface area (Å²) in [7, 11) is 0. The lowest BCUT2D eigenvalue weighted by molar-refractivity contribution is 0.0953. The predicted octanol–water partition coefficient (Wildman–Crippen LogP) is 3.59. The van der Waals surface area contributed by atoms with Crippen LogP contribution < -0.4 is 16.0 Å². The standard InChI is InChI=1S/C15H14BrClN2O2/c1-9-6-12(4-5-14(9)17)21-8-11-3-2-10(7-13(11)16)15(20)19-18/h2-7H,8,18H2,1H3,(H,19,20). The molecule has 6 heteroatoms. The summed E-state index contributed by atoms with van der Waals surface area (Å²) in [5, 5.41) is 0.709. The molecule has 110 valence electrons. The fourth-order valence-electron chi connectivity index (χ4n) is 1.76. The van der Waals surface area contributed by atoms with Crippen LogP contribution >= 0.6 is 27.5 Å². The van der Waals surface area contributed by atoms with Gasteiger partial charge in [-0.2, -0.15) is 0 Å². The van der Waals surface area contributed by atoms with Crippen LogP contribution in [0.2, 0.25) is 5.02 Å². The fourth-order valence-corrected chi connectivity index (χ4v) is 2.37. The summed E-state index contributed by atoms with van der Waals surface area (Å²) in [6.07, 6.45) is 0. The smallest absolute Gasteiger partial charge is 0.265 e. The van der Waals surface area contributed by atoms with Crippen molar-refractivity contribution in [1.29, 1.82) is 0 Å². The van der Waals surface area contributed by atoms with Gasteiger partial charge in [0.1, 0.15) is 12.4 Å². The Kier molecular flexibility index (Phi) is 5.22. The second-order valence-corrected chi connectivity index (χ2v) is 5.74. The molecule has 0 bridgehead atoms. The van der Waals surface area contributed by atoms with Gasteiger partial charge in [0, 0.05) is 20.6 Å². The summed E-state index contributed by atoms with van der Waals surface area (Å²) < 4.78 is 6.51. The average Bonchev–Trinajstić information content (AvgIpc) is 2.48. The number of amides is 1. The van der Waals surface area contributed by atoms with Gasteiger partial charge in [-0.05, 0) is 42.8 Å². The number of benzene rings is 2. The van der Waals surface area contributed by atoms with E-state index in [9.17, 15) is 4.79 Å². The lowest BCUT2D eigenvalue weighted by Crippen LogP contribution is -2.29. The molecule has 21 heavy (non-hydrogen) atoms. The first kappa shape index (κ1) is 15.8. The van der Waals surface area contributed by atoms with Crippen molar-refractivity contribution in [3.63, 3.8) is 0 Å². The number of carbonyl (C=O) groups excluding carboxylic acids is 1. The number of carbonyl (C=O) groups is 1. The molecule has 0 spiro atoms. The van der Waals surface area contributed by atoms with Crippen LogP contribution in [0.5, 0.6) is 5.75 Å². The third-order valence-corrected chi connectivity index (χ3v) is 4.13. The van der Waals surface area contributed by atoms with Crippen molar-refractivity contribution >= 4 is 33.4 Å². The van der Waals surface area contributed by atoms with Crippen LogP contribution in [0.4, 0.5) is 0 Å². The highest BCUT2D eigenvalue weighted by atomic mass is 79.9. The zero-order valence-corrected chi connectivity index (χ0v) is 13.7. The molecule has 3 N–H and O–H groups in total. The topological polar surface area (TPSA) is 64.3 Å². The molecular formula is C15H14BrClN2O2. The number of ether oxygens (including phenoxy) is 1.